The highest BCUT2D eigenvalue weighted by molar-refractivity contribution is 5.65. The molecule has 0 radical (unpaired) electrons. The van der Waals surface area contributed by atoms with Crippen molar-refractivity contribution < 1.29 is 15.0 Å². The van der Waals surface area contributed by atoms with Gasteiger partial charge in [-0.25, -0.2) is 0 Å². The van der Waals surface area contributed by atoms with Crippen LogP contribution in [0.4, 0.5) is 0 Å². The second-order valence-electron chi connectivity index (χ2n) is 2.52. The van der Waals surface area contributed by atoms with Crippen molar-refractivity contribution in [2.45, 2.75) is 18.9 Å². The van der Waals surface area contributed by atoms with Crippen LogP contribution in [0.3, 0.4) is 0 Å². The van der Waals surface area contributed by atoms with Crippen molar-refractivity contribution in [3.05, 3.63) is 12.2 Å². The van der Waals surface area contributed by atoms with E-state index in [-0.39, 0.29) is 12.3 Å². The van der Waals surface area contributed by atoms with Crippen LogP contribution in [0, 0.1) is 5.92 Å². The third-order valence-corrected chi connectivity index (χ3v) is 1.58. The van der Waals surface area contributed by atoms with Crippen molar-refractivity contribution >= 4 is 5.97 Å². The first-order chi connectivity index (χ1) is 4.68. The Labute approximate surface area is 59.0 Å². The molecule has 1 rings (SSSR count). The summed E-state index contributed by atoms with van der Waals surface area (Å²) in [4.78, 5) is 10.0. The fraction of sp³-hybridized carbons (Fsp3) is 0.571. The Kier molecular flexibility index (Phi) is 2.06. The molecule has 0 unspecified atom stereocenters. The van der Waals surface area contributed by atoms with E-state index in [1.54, 1.807) is 12.2 Å². The Balaban J connectivity index is 2.33. The number of aliphatic hydroxyl groups excluding tert-OH is 1. The molecule has 0 saturated carbocycles. The van der Waals surface area contributed by atoms with Gasteiger partial charge in [0, 0.05) is 5.97 Å². The average Bonchev–Trinajstić information content (AvgIpc) is 2.13. The topological polar surface area (TPSA) is 60.4 Å². The molecule has 1 aliphatic rings. The monoisotopic (exact) mass is 141 g/mol. The third-order valence-electron chi connectivity index (χ3n) is 1.58. The summed E-state index contributed by atoms with van der Waals surface area (Å²) < 4.78 is 0. The second kappa shape index (κ2) is 2.84. The van der Waals surface area contributed by atoms with Gasteiger partial charge in [-0.2, -0.15) is 0 Å². The van der Waals surface area contributed by atoms with Gasteiger partial charge in [0.15, 0.2) is 0 Å². The lowest BCUT2D eigenvalue weighted by atomic mass is 10.1. The maximum atomic E-state index is 10.0. The van der Waals surface area contributed by atoms with E-state index in [1.165, 1.54) is 0 Å². The van der Waals surface area contributed by atoms with E-state index in [4.69, 9.17) is 5.11 Å². The molecule has 0 aromatic carbocycles. The Morgan fingerprint density at radius 2 is 2.40 bits per heavy atom. The van der Waals surface area contributed by atoms with Crippen LogP contribution < -0.4 is 5.11 Å². The van der Waals surface area contributed by atoms with Gasteiger partial charge in [0.25, 0.3) is 0 Å². The molecule has 0 saturated heterocycles. The molecule has 0 amide bonds. The molecule has 0 aliphatic heterocycles. The number of aliphatic carboxylic acids is 1. The van der Waals surface area contributed by atoms with Crippen LogP contribution in [-0.2, 0) is 4.79 Å². The number of rotatable bonds is 2. The highest BCUT2D eigenvalue weighted by Crippen LogP contribution is 2.19. The number of carboxylic acid groups (broad SMARTS) is 1. The van der Waals surface area contributed by atoms with Crippen LogP contribution in [-0.4, -0.2) is 17.2 Å². The molecule has 3 nitrogen and oxygen atoms in total. The number of allylic oxidation sites excluding steroid dienone is 1. The minimum Gasteiger partial charge on any atom is -0.550 e. The van der Waals surface area contributed by atoms with Crippen molar-refractivity contribution in [1.29, 1.82) is 0 Å². The molecule has 0 fully saturated rings. The van der Waals surface area contributed by atoms with Gasteiger partial charge in [0.2, 0.25) is 0 Å². The molecular formula is C7H9O3-. The van der Waals surface area contributed by atoms with Gasteiger partial charge >= 0.3 is 0 Å². The van der Waals surface area contributed by atoms with Gasteiger partial charge < -0.3 is 15.0 Å². The van der Waals surface area contributed by atoms with Crippen LogP contribution in [0.1, 0.15) is 12.8 Å². The van der Waals surface area contributed by atoms with E-state index in [2.05, 4.69) is 0 Å². The zero-order valence-corrected chi connectivity index (χ0v) is 5.49. The maximum Gasteiger partial charge on any atom is 0.0726 e. The minimum absolute atomic E-state index is 0.0214. The Morgan fingerprint density at radius 1 is 1.70 bits per heavy atom. The maximum absolute atomic E-state index is 10.0. The van der Waals surface area contributed by atoms with Crippen molar-refractivity contribution in [3.8, 4) is 0 Å². The fourth-order valence-electron chi connectivity index (χ4n) is 1.12. The molecule has 1 N–H and O–H groups in total. The molecule has 3 heteroatoms. The average molecular weight is 141 g/mol. The molecule has 0 aromatic heterocycles. The van der Waals surface area contributed by atoms with Gasteiger partial charge in [-0.3, -0.25) is 0 Å². The van der Waals surface area contributed by atoms with Crippen LogP contribution in [0.5, 0.6) is 0 Å². The zero-order chi connectivity index (χ0) is 7.56. The first kappa shape index (κ1) is 7.28. The Hall–Kier alpha value is -0.830. The van der Waals surface area contributed by atoms with E-state index >= 15 is 0 Å². The van der Waals surface area contributed by atoms with Gasteiger partial charge in [0.05, 0.1) is 6.10 Å². The minimum atomic E-state index is -1.05. The Bertz CT molecular complexity index is 162. The lowest BCUT2D eigenvalue weighted by Gasteiger charge is -2.07. The first-order valence-corrected chi connectivity index (χ1v) is 3.24. The van der Waals surface area contributed by atoms with Crippen molar-refractivity contribution in [3.63, 3.8) is 0 Å². The van der Waals surface area contributed by atoms with Crippen molar-refractivity contribution in [1.82, 2.24) is 0 Å². The molecule has 56 valence electrons. The SMILES string of the molecule is O=C([O-])C[C@H]1C=C[C@H](O)C1. The second-order valence-corrected chi connectivity index (χ2v) is 2.52. The van der Waals surface area contributed by atoms with Crippen LogP contribution in [0.2, 0.25) is 0 Å². The smallest absolute Gasteiger partial charge is 0.0726 e. The standard InChI is InChI=1S/C7H10O3/c8-6-2-1-5(3-6)4-7(9)10/h1-2,5-6,8H,3-4H2,(H,9,10)/p-1/t5-,6-/m0/s1. The van der Waals surface area contributed by atoms with Gasteiger partial charge in [-0.1, -0.05) is 12.2 Å². The summed E-state index contributed by atoms with van der Waals surface area (Å²) in [5, 5.41) is 18.9. The zero-order valence-electron chi connectivity index (χ0n) is 5.49. The highest BCUT2D eigenvalue weighted by atomic mass is 16.4. The molecular weight excluding hydrogens is 132 g/mol. The van der Waals surface area contributed by atoms with Crippen molar-refractivity contribution in [2.75, 3.05) is 0 Å². The molecule has 0 heterocycles. The largest absolute Gasteiger partial charge is 0.550 e. The summed E-state index contributed by atoms with van der Waals surface area (Å²) in [6, 6.07) is 0. The van der Waals surface area contributed by atoms with E-state index in [0.717, 1.165) is 0 Å². The number of aliphatic hydroxyl groups is 1. The summed E-state index contributed by atoms with van der Waals surface area (Å²) >= 11 is 0. The van der Waals surface area contributed by atoms with E-state index in [0.29, 0.717) is 6.42 Å². The van der Waals surface area contributed by atoms with E-state index < -0.39 is 12.1 Å². The first-order valence-electron chi connectivity index (χ1n) is 3.24. The summed E-state index contributed by atoms with van der Waals surface area (Å²) in [6.07, 6.45) is 3.43. The van der Waals surface area contributed by atoms with Crippen molar-refractivity contribution in [2.24, 2.45) is 5.92 Å². The predicted octanol–water partition coefficient (Wildman–Crippen LogP) is -0.937. The number of hydrogen-bond acceptors (Lipinski definition) is 3. The van der Waals surface area contributed by atoms with Crippen LogP contribution in [0.15, 0.2) is 12.2 Å². The number of carbonyl (C=O) groups is 1. The van der Waals surface area contributed by atoms with E-state index in [9.17, 15) is 9.90 Å². The molecule has 0 aromatic rings. The third kappa shape index (κ3) is 1.84. The van der Waals surface area contributed by atoms with Gasteiger partial charge in [-0.05, 0) is 18.8 Å². The highest BCUT2D eigenvalue weighted by Gasteiger charge is 2.15. The van der Waals surface area contributed by atoms with E-state index in [1.807, 2.05) is 0 Å². The number of carbonyl (C=O) groups excluding carboxylic acids is 1. The number of carboxylic acids is 1. The molecule has 1 aliphatic carbocycles. The molecule has 0 bridgehead atoms. The summed E-state index contributed by atoms with van der Waals surface area (Å²) in [5.41, 5.74) is 0. The fourth-order valence-corrected chi connectivity index (χ4v) is 1.12. The summed E-state index contributed by atoms with van der Waals surface area (Å²) in [6.45, 7) is 0. The summed E-state index contributed by atoms with van der Waals surface area (Å²) in [7, 11) is 0. The normalized spacial score (nSPS) is 30.9. The lowest BCUT2D eigenvalue weighted by molar-refractivity contribution is -0.306. The molecule has 10 heavy (non-hydrogen) atoms. The van der Waals surface area contributed by atoms with Gasteiger partial charge in [0.1, 0.15) is 0 Å². The Morgan fingerprint density at radius 3 is 2.80 bits per heavy atom. The number of hydrogen-bond donors (Lipinski definition) is 1. The van der Waals surface area contributed by atoms with Crippen LogP contribution >= 0.6 is 0 Å². The molecule has 0 spiro atoms. The van der Waals surface area contributed by atoms with Gasteiger partial charge in [-0.15, -0.1) is 0 Å². The quantitative estimate of drug-likeness (QED) is 0.505. The van der Waals surface area contributed by atoms with Crippen LogP contribution in [0.25, 0.3) is 0 Å². The molecule has 2 atom stereocenters. The predicted molar refractivity (Wildman–Crippen MR) is 32.9 cm³/mol. The lowest BCUT2D eigenvalue weighted by Crippen LogP contribution is -2.24. The summed E-state index contributed by atoms with van der Waals surface area (Å²) in [5.74, 6) is -1.08.